The van der Waals surface area contributed by atoms with Crippen molar-refractivity contribution in [3.8, 4) is 11.5 Å². The van der Waals surface area contributed by atoms with E-state index in [0.717, 1.165) is 0 Å². The van der Waals surface area contributed by atoms with Gasteiger partial charge in [0, 0.05) is 44.4 Å². The number of rotatable bonds is 6. The highest BCUT2D eigenvalue weighted by Gasteiger charge is 2.26. The van der Waals surface area contributed by atoms with Crippen molar-refractivity contribution in [2.45, 2.75) is 6.54 Å². The van der Waals surface area contributed by atoms with Crippen LogP contribution < -0.4 is 14.4 Å². The van der Waals surface area contributed by atoms with Crippen LogP contribution in [0, 0.1) is 15.9 Å². The van der Waals surface area contributed by atoms with Crippen LogP contribution in [0.1, 0.15) is 5.56 Å². The highest BCUT2D eigenvalue weighted by atomic mass is 19.1. The first kappa shape index (κ1) is 18.9. The average molecular weight is 375 g/mol. The van der Waals surface area contributed by atoms with Crippen molar-refractivity contribution in [1.29, 1.82) is 0 Å². The number of methoxy groups -OCH3 is 2. The van der Waals surface area contributed by atoms with Crippen molar-refractivity contribution in [1.82, 2.24) is 4.90 Å². The van der Waals surface area contributed by atoms with E-state index in [2.05, 4.69) is 4.90 Å². The van der Waals surface area contributed by atoms with E-state index in [4.69, 9.17) is 9.47 Å². The van der Waals surface area contributed by atoms with Gasteiger partial charge in [-0.15, -0.1) is 0 Å². The zero-order chi connectivity index (χ0) is 19.4. The molecule has 2 aromatic carbocycles. The van der Waals surface area contributed by atoms with Gasteiger partial charge in [0.2, 0.25) is 0 Å². The number of halogens is 1. The minimum absolute atomic E-state index is 0.0183. The summed E-state index contributed by atoms with van der Waals surface area (Å²) in [5.74, 6) is 0.563. The third-order valence-corrected chi connectivity index (χ3v) is 4.74. The van der Waals surface area contributed by atoms with Gasteiger partial charge in [-0.3, -0.25) is 15.0 Å². The Kier molecular flexibility index (Phi) is 5.75. The van der Waals surface area contributed by atoms with Crippen LogP contribution in [-0.2, 0) is 6.54 Å². The minimum Gasteiger partial charge on any atom is -0.493 e. The molecule has 0 radical (unpaired) electrons. The van der Waals surface area contributed by atoms with Crippen LogP contribution in [0.5, 0.6) is 11.5 Å². The molecule has 0 unspecified atom stereocenters. The summed E-state index contributed by atoms with van der Waals surface area (Å²) in [7, 11) is 2.95. The number of nitro benzene ring substituents is 1. The molecule has 0 atom stereocenters. The summed E-state index contributed by atoms with van der Waals surface area (Å²) < 4.78 is 24.3. The summed E-state index contributed by atoms with van der Waals surface area (Å²) in [5, 5.41) is 11.5. The molecular formula is C19H22FN3O4. The third kappa shape index (κ3) is 4.11. The van der Waals surface area contributed by atoms with Gasteiger partial charge in [0.15, 0.2) is 11.5 Å². The van der Waals surface area contributed by atoms with Gasteiger partial charge in [0.1, 0.15) is 11.5 Å². The molecule has 0 aromatic heterocycles. The van der Waals surface area contributed by atoms with E-state index < -0.39 is 4.92 Å². The molecular weight excluding hydrogens is 353 g/mol. The van der Waals surface area contributed by atoms with Crippen LogP contribution >= 0.6 is 0 Å². The van der Waals surface area contributed by atoms with Gasteiger partial charge >= 0.3 is 0 Å². The molecule has 1 aliphatic heterocycles. The van der Waals surface area contributed by atoms with Crippen LogP contribution in [0.3, 0.4) is 0 Å². The molecule has 1 fully saturated rings. The summed E-state index contributed by atoms with van der Waals surface area (Å²) in [6, 6.07) is 9.76. The Morgan fingerprint density at radius 3 is 2.30 bits per heavy atom. The highest BCUT2D eigenvalue weighted by molar-refractivity contribution is 5.70. The monoisotopic (exact) mass is 375 g/mol. The first-order chi connectivity index (χ1) is 13.0. The molecule has 144 valence electrons. The number of hydrogen-bond acceptors (Lipinski definition) is 6. The SMILES string of the molecule is COc1cc(N2CCN(Cc3ccccc3F)CC2)c([N+](=O)[O-])cc1OC. The molecule has 3 rings (SSSR count). The number of piperazine rings is 1. The Bertz CT molecular complexity index is 823. The zero-order valence-electron chi connectivity index (χ0n) is 15.4. The summed E-state index contributed by atoms with van der Waals surface area (Å²) in [6.45, 7) is 3.09. The first-order valence-electron chi connectivity index (χ1n) is 8.64. The van der Waals surface area contributed by atoms with Crippen molar-refractivity contribution in [2.75, 3.05) is 45.3 Å². The van der Waals surface area contributed by atoms with Crippen LogP contribution in [0.15, 0.2) is 36.4 Å². The zero-order valence-corrected chi connectivity index (χ0v) is 15.4. The number of benzene rings is 2. The summed E-state index contributed by atoms with van der Waals surface area (Å²) in [5.41, 5.74) is 1.14. The molecule has 0 aliphatic carbocycles. The Morgan fingerprint density at radius 2 is 1.70 bits per heavy atom. The Morgan fingerprint density at radius 1 is 1.07 bits per heavy atom. The van der Waals surface area contributed by atoms with E-state index in [0.29, 0.717) is 55.5 Å². The Balaban J connectivity index is 1.75. The third-order valence-electron chi connectivity index (χ3n) is 4.74. The van der Waals surface area contributed by atoms with Crippen LogP contribution in [0.25, 0.3) is 0 Å². The number of nitro groups is 1. The smallest absolute Gasteiger partial charge is 0.296 e. The van der Waals surface area contributed by atoms with Crippen molar-refractivity contribution in [2.24, 2.45) is 0 Å². The minimum atomic E-state index is -0.414. The van der Waals surface area contributed by atoms with Gasteiger partial charge < -0.3 is 14.4 Å². The molecule has 1 aliphatic rings. The quantitative estimate of drug-likeness (QED) is 0.571. The topological polar surface area (TPSA) is 68.1 Å². The molecule has 2 aromatic rings. The van der Waals surface area contributed by atoms with E-state index in [-0.39, 0.29) is 11.5 Å². The fourth-order valence-corrected chi connectivity index (χ4v) is 3.27. The van der Waals surface area contributed by atoms with Gasteiger partial charge in [-0.05, 0) is 6.07 Å². The average Bonchev–Trinajstić information content (AvgIpc) is 2.69. The maximum atomic E-state index is 13.8. The lowest BCUT2D eigenvalue weighted by atomic mass is 10.1. The second-order valence-corrected chi connectivity index (χ2v) is 6.31. The van der Waals surface area contributed by atoms with E-state index in [1.165, 1.54) is 26.4 Å². The normalized spacial score (nSPS) is 14.9. The predicted octanol–water partition coefficient (Wildman–Crippen LogP) is 3.07. The van der Waals surface area contributed by atoms with Gasteiger partial charge in [-0.25, -0.2) is 4.39 Å². The summed E-state index contributed by atoms with van der Waals surface area (Å²) in [6.07, 6.45) is 0. The van der Waals surface area contributed by atoms with Crippen molar-refractivity contribution in [3.05, 3.63) is 57.9 Å². The predicted molar refractivity (Wildman–Crippen MR) is 100 cm³/mol. The van der Waals surface area contributed by atoms with Crippen LogP contribution in [-0.4, -0.2) is 50.2 Å². The maximum absolute atomic E-state index is 13.8. The van der Waals surface area contributed by atoms with E-state index in [1.807, 2.05) is 11.0 Å². The highest BCUT2D eigenvalue weighted by Crippen LogP contribution is 2.39. The summed E-state index contributed by atoms with van der Waals surface area (Å²) >= 11 is 0. The van der Waals surface area contributed by atoms with Gasteiger partial charge in [-0.1, -0.05) is 18.2 Å². The lowest BCUT2D eigenvalue weighted by Gasteiger charge is -2.36. The van der Waals surface area contributed by atoms with Crippen molar-refractivity contribution in [3.63, 3.8) is 0 Å². The fourth-order valence-electron chi connectivity index (χ4n) is 3.27. The molecule has 0 amide bonds. The molecule has 1 saturated heterocycles. The van der Waals surface area contributed by atoms with Gasteiger partial charge in [-0.2, -0.15) is 0 Å². The lowest BCUT2D eigenvalue weighted by Crippen LogP contribution is -2.46. The second kappa shape index (κ2) is 8.22. The standard InChI is InChI=1S/C19H22FN3O4/c1-26-18-11-16(17(23(24)25)12-19(18)27-2)22-9-7-21(8-10-22)13-14-5-3-4-6-15(14)20/h3-6,11-12H,7-10,13H2,1-2H3. The number of nitrogens with zero attached hydrogens (tertiary/aromatic N) is 3. The summed E-state index contributed by atoms with van der Waals surface area (Å²) in [4.78, 5) is 15.2. The second-order valence-electron chi connectivity index (χ2n) is 6.31. The Labute approximate surface area is 157 Å². The molecule has 8 heteroatoms. The number of anilines is 1. The molecule has 7 nitrogen and oxygen atoms in total. The van der Waals surface area contributed by atoms with Crippen molar-refractivity contribution >= 4 is 11.4 Å². The molecule has 0 saturated carbocycles. The maximum Gasteiger partial charge on any atom is 0.296 e. The molecule has 0 N–H and O–H groups in total. The van der Waals surface area contributed by atoms with Gasteiger partial charge in [0.25, 0.3) is 5.69 Å². The number of ether oxygens (including phenoxy) is 2. The molecule has 27 heavy (non-hydrogen) atoms. The van der Waals surface area contributed by atoms with E-state index in [9.17, 15) is 14.5 Å². The van der Waals surface area contributed by atoms with Crippen molar-refractivity contribution < 1.29 is 18.8 Å². The number of hydrogen-bond donors (Lipinski definition) is 0. The fraction of sp³-hybridized carbons (Fsp3) is 0.368. The lowest BCUT2D eigenvalue weighted by molar-refractivity contribution is -0.384. The Hall–Kier alpha value is -2.87. The first-order valence-corrected chi connectivity index (χ1v) is 8.64. The van der Waals surface area contributed by atoms with Gasteiger partial charge in [0.05, 0.1) is 25.2 Å². The van der Waals surface area contributed by atoms with E-state index in [1.54, 1.807) is 18.2 Å². The largest absolute Gasteiger partial charge is 0.493 e. The molecule has 1 heterocycles. The molecule has 0 bridgehead atoms. The van der Waals surface area contributed by atoms with Crippen LogP contribution in [0.4, 0.5) is 15.8 Å². The van der Waals surface area contributed by atoms with Crippen LogP contribution in [0.2, 0.25) is 0 Å². The van der Waals surface area contributed by atoms with E-state index >= 15 is 0 Å². The molecule has 0 spiro atoms.